The van der Waals surface area contributed by atoms with Gasteiger partial charge in [0.2, 0.25) is 0 Å². The SMILES string of the molecule is Cc1[nH]c(=O)sc1S(=O)(=O)Nc1cccc2ccccc12. The van der Waals surface area contributed by atoms with E-state index in [1.54, 1.807) is 19.1 Å². The molecule has 0 amide bonds. The number of aryl methyl sites for hydroxylation is 1. The van der Waals surface area contributed by atoms with E-state index in [0.717, 1.165) is 10.8 Å². The molecule has 7 heteroatoms. The van der Waals surface area contributed by atoms with Crippen LogP contribution in [0, 0.1) is 6.92 Å². The van der Waals surface area contributed by atoms with E-state index in [1.165, 1.54) is 0 Å². The molecule has 0 fully saturated rings. The van der Waals surface area contributed by atoms with Gasteiger partial charge in [-0.05, 0) is 18.4 Å². The molecule has 2 aromatic carbocycles. The molecular weight excluding hydrogens is 308 g/mol. The Morgan fingerprint density at radius 3 is 2.52 bits per heavy atom. The van der Waals surface area contributed by atoms with Crippen molar-refractivity contribution < 1.29 is 8.42 Å². The molecule has 0 saturated heterocycles. The topological polar surface area (TPSA) is 79.0 Å². The van der Waals surface area contributed by atoms with Crippen molar-refractivity contribution >= 4 is 37.8 Å². The zero-order valence-corrected chi connectivity index (χ0v) is 12.7. The van der Waals surface area contributed by atoms with Crippen LogP contribution in [-0.2, 0) is 10.0 Å². The van der Waals surface area contributed by atoms with Gasteiger partial charge in [-0.3, -0.25) is 9.52 Å². The highest BCUT2D eigenvalue weighted by Crippen LogP contribution is 2.26. The van der Waals surface area contributed by atoms with Gasteiger partial charge in [0, 0.05) is 11.1 Å². The van der Waals surface area contributed by atoms with Gasteiger partial charge in [0.15, 0.2) is 4.21 Å². The first-order valence-corrected chi connectivity index (χ1v) is 8.47. The quantitative estimate of drug-likeness (QED) is 0.779. The molecule has 0 radical (unpaired) electrons. The summed E-state index contributed by atoms with van der Waals surface area (Å²) in [7, 11) is -3.78. The second kappa shape index (κ2) is 5.01. The van der Waals surface area contributed by atoms with Gasteiger partial charge in [0.25, 0.3) is 10.0 Å². The van der Waals surface area contributed by atoms with E-state index >= 15 is 0 Å². The van der Waals surface area contributed by atoms with Gasteiger partial charge in [-0.1, -0.05) is 47.7 Å². The lowest BCUT2D eigenvalue weighted by atomic mass is 10.1. The van der Waals surface area contributed by atoms with E-state index in [2.05, 4.69) is 9.71 Å². The zero-order chi connectivity index (χ0) is 15.0. The molecule has 0 saturated carbocycles. The molecule has 2 N–H and O–H groups in total. The third-order valence-electron chi connectivity index (χ3n) is 3.06. The van der Waals surface area contributed by atoms with Gasteiger partial charge in [0.1, 0.15) is 0 Å². The molecule has 0 aliphatic rings. The van der Waals surface area contributed by atoms with E-state index < -0.39 is 10.0 Å². The van der Waals surface area contributed by atoms with Gasteiger partial charge in [-0.2, -0.15) is 0 Å². The Morgan fingerprint density at radius 1 is 1.10 bits per heavy atom. The van der Waals surface area contributed by atoms with Crippen molar-refractivity contribution in [2.75, 3.05) is 4.72 Å². The first-order chi connectivity index (χ1) is 9.97. The molecule has 5 nitrogen and oxygen atoms in total. The average Bonchev–Trinajstić information content (AvgIpc) is 2.79. The number of aromatic amines is 1. The third kappa shape index (κ3) is 2.57. The Kier molecular flexibility index (Phi) is 3.30. The zero-order valence-electron chi connectivity index (χ0n) is 11.1. The molecular formula is C14H12N2O3S2. The molecule has 1 heterocycles. The number of sulfonamides is 1. The van der Waals surface area contributed by atoms with E-state index in [-0.39, 0.29) is 9.08 Å². The van der Waals surface area contributed by atoms with Gasteiger partial charge >= 0.3 is 4.87 Å². The Morgan fingerprint density at radius 2 is 1.81 bits per heavy atom. The highest BCUT2D eigenvalue weighted by atomic mass is 32.2. The minimum Gasteiger partial charge on any atom is -0.315 e. The largest absolute Gasteiger partial charge is 0.315 e. The van der Waals surface area contributed by atoms with E-state index in [4.69, 9.17) is 0 Å². The lowest BCUT2D eigenvalue weighted by Gasteiger charge is -2.09. The Hall–Kier alpha value is -2.12. The molecule has 21 heavy (non-hydrogen) atoms. The number of anilines is 1. The van der Waals surface area contributed by atoms with Crippen LogP contribution in [0.3, 0.4) is 0 Å². The molecule has 0 aliphatic heterocycles. The summed E-state index contributed by atoms with van der Waals surface area (Å²) < 4.78 is 27.4. The van der Waals surface area contributed by atoms with Crippen LogP contribution in [0.5, 0.6) is 0 Å². The predicted molar refractivity (Wildman–Crippen MR) is 84.4 cm³/mol. The molecule has 3 aromatic rings. The molecule has 0 aliphatic carbocycles. The third-order valence-corrected chi connectivity index (χ3v) is 6.03. The summed E-state index contributed by atoms with van der Waals surface area (Å²) in [6.07, 6.45) is 0. The summed E-state index contributed by atoms with van der Waals surface area (Å²) >= 11 is 0.684. The van der Waals surface area contributed by atoms with E-state index in [1.807, 2.05) is 30.3 Å². The smallest absolute Gasteiger partial charge is 0.306 e. The van der Waals surface area contributed by atoms with Gasteiger partial charge < -0.3 is 4.98 Å². The van der Waals surface area contributed by atoms with Crippen molar-refractivity contribution in [1.29, 1.82) is 0 Å². The van der Waals surface area contributed by atoms with Crippen LogP contribution in [0.4, 0.5) is 5.69 Å². The minimum absolute atomic E-state index is 0.0143. The van der Waals surface area contributed by atoms with E-state index in [0.29, 0.717) is 22.7 Å². The van der Waals surface area contributed by atoms with Gasteiger partial charge in [0.05, 0.1) is 5.69 Å². The van der Waals surface area contributed by atoms with Crippen LogP contribution in [0.2, 0.25) is 0 Å². The fraction of sp³-hybridized carbons (Fsp3) is 0.0714. The number of thiazole rings is 1. The number of hydrogen-bond donors (Lipinski definition) is 2. The number of aromatic nitrogens is 1. The molecule has 108 valence electrons. The van der Waals surface area contributed by atoms with Crippen LogP contribution in [-0.4, -0.2) is 13.4 Å². The van der Waals surface area contributed by atoms with Crippen molar-refractivity contribution in [2.24, 2.45) is 0 Å². The monoisotopic (exact) mass is 320 g/mol. The summed E-state index contributed by atoms with van der Waals surface area (Å²) in [5, 5.41) is 1.75. The Labute approximate surface area is 125 Å². The number of nitrogens with one attached hydrogen (secondary N) is 2. The maximum Gasteiger partial charge on any atom is 0.306 e. The summed E-state index contributed by atoms with van der Waals surface area (Å²) in [5.41, 5.74) is 0.839. The maximum atomic E-state index is 12.4. The highest BCUT2D eigenvalue weighted by molar-refractivity contribution is 7.94. The van der Waals surface area contributed by atoms with Crippen LogP contribution in [0.15, 0.2) is 51.5 Å². The normalized spacial score (nSPS) is 11.7. The second-order valence-corrected chi connectivity index (χ2v) is 7.42. The summed E-state index contributed by atoms with van der Waals surface area (Å²) in [6.45, 7) is 1.57. The van der Waals surface area contributed by atoms with Crippen molar-refractivity contribution in [3.8, 4) is 0 Å². The molecule has 0 spiro atoms. The van der Waals surface area contributed by atoms with Gasteiger partial charge in [-0.25, -0.2) is 8.42 Å². The highest BCUT2D eigenvalue weighted by Gasteiger charge is 2.21. The fourth-order valence-electron chi connectivity index (χ4n) is 2.15. The number of H-pyrrole nitrogens is 1. The maximum absolute atomic E-state index is 12.4. The minimum atomic E-state index is -3.78. The number of hydrogen-bond acceptors (Lipinski definition) is 4. The lowest BCUT2D eigenvalue weighted by molar-refractivity contribution is 0.602. The summed E-state index contributed by atoms with van der Waals surface area (Å²) in [4.78, 5) is 13.4. The number of rotatable bonds is 3. The van der Waals surface area contributed by atoms with E-state index in [9.17, 15) is 13.2 Å². The van der Waals surface area contributed by atoms with Crippen LogP contribution in [0.1, 0.15) is 5.69 Å². The van der Waals surface area contributed by atoms with Crippen LogP contribution >= 0.6 is 11.3 Å². The van der Waals surface area contributed by atoms with Crippen molar-refractivity contribution in [2.45, 2.75) is 11.1 Å². The molecule has 0 bridgehead atoms. The molecule has 0 atom stereocenters. The molecule has 0 unspecified atom stereocenters. The van der Waals surface area contributed by atoms with Crippen molar-refractivity contribution in [3.05, 3.63) is 57.8 Å². The number of fused-ring (bicyclic) bond motifs is 1. The molecule has 3 rings (SSSR count). The number of benzene rings is 2. The first kappa shape index (κ1) is 13.8. The predicted octanol–water partition coefficient (Wildman–Crippen LogP) is 2.70. The lowest BCUT2D eigenvalue weighted by Crippen LogP contribution is -2.12. The molecule has 1 aromatic heterocycles. The standard InChI is InChI=1S/C14H12N2O3S2/c1-9-13(20-14(17)15-9)21(18,19)16-12-8-4-6-10-5-2-3-7-11(10)12/h2-8,16H,1H3,(H,15,17). The van der Waals surface area contributed by atoms with Crippen LogP contribution in [0.25, 0.3) is 10.8 Å². The van der Waals surface area contributed by atoms with Crippen LogP contribution < -0.4 is 9.60 Å². The summed E-state index contributed by atoms with van der Waals surface area (Å²) in [5.74, 6) is 0. The second-order valence-electron chi connectivity index (χ2n) is 4.56. The average molecular weight is 320 g/mol. The van der Waals surface area contributed by atoms with Gasteiger partial charge in [-0.15, -0.1) is 0 Å². The fourth-order valence-corrected chi connectivity index (χ4v) is 4.53. The Bertz CT molecular complexity index is 966. The first-order valence-electron chi connectivity index (χ1n) is 6.18. The Balaban J connectivity index is 2.10. The van der Waals surface area contributed by atoms with Crippen molar-refractivity contribution in [1.82, 2.24) is 4.98 Å². The summed E-state index contributed by atoms with van der Waals surface area (Å²) in [6, 6.07) is 12.9. The van der Waals surface area contributed by atoms with Crippen molar-refractivity contribution in [3.63, 3.8) is 0 Å².